The minimum atomic E-state index is 0.531. The molecular formula is C19H20O2. The Bertz CT molecular complexity index is 623. The summed E-state index contributed by atoms with van der Waals surface area (Å²) >= 11 is 0. The van der Waals surface area contributed by atoms with Gasteiger partial charge in [0, 0.05) is 5.56 Å². The summed E-state index contributed by atoms with van der Waals surface area (Å²) < 4.78 is 5.80. The van der Waals surface area contributed by atoms with Gasteiger partial charge in [-0.05, 0) is 49.6 Å². The van der Waals surface area contributed by atoms with E-state index in [4.69, 9.17) is 4.74 Å². The Labute approximate surface area is 126 Å². The van der Waals surface area contributed by atoms with E-state index in [0.717, 1.165) is 35.1 Å². The molecule has 0 amide bonds. The summed E-state index contributed by atoms with van der Waals surface area (Å²) in [7, 11) is 0. The van der Waals surface area contributed by atoms with Gasteiger partial charge in [-0.2, -0.15) is 0 Å². The standard InChI is InChI=1S/C19H20O2/c1-15(2)8-9-17-12-19(11-10-18(17)13-20)21-14-16-6-4-3-5-7-16/h3-8,10-13H,9,14H2,1-2H3. The predicted molar refractivity (Wildman–Crippen MR) is 85.7 cm³/mol. The number of hydrogen-bond donors (Lipinski definition) is 0. The topological polar surface area (TPSA) is 26.3 Å². The Balaban J connectivity index is 2.11. The van der Waals surface area contributed by atoms with Crippen molar-refractivity contribution in [2.24, 2.45) is 0 Å². The number of benzene rings is 2. The van der Waals surface area contributed by atoms with Crippen LogP contribution in [0.1, 0.15) is 35.3 Å². The Morgan fingerprint density at radius 2 is 1.86 bits per heavy atom. The molecule has 0 fully saturated rings. The number of rotatable bonds is 6. The van der Waals surface area contributed by atoms with Crippen molar-refractivity contribution >= 4 is 6.29 Å². The molecule has 0 atom stereocenters. The van der Waals surface area contributed by atoms with E-state index in [-0.39, 0.29) is 0 Å². The molecule has 108 valence electrons. The van der Waals surface area contributed by atoms with E-state index in [2.05, 4.69) is 19.9 Å². The van der Waals surface area contributed by atoms with Crippen LogP contribution in [0.5, 0.6) is 5.75 Å². The third-order valence-electron chi connectivity index (χ3n) is 3.22. The SMILES string of the molecule is CC(C)=CCc1cc(OCc2ccccc2)ccc1C=O. The average Bonchev–Trinajstić information content (AvgIpc) is 2.52. The molecule has 0 saturated heterocycles. The predicted octanol–water partition coefficient (Wildman–Crippen LogP) is 4.59. The van der Waals surface area contributed by atoms with Crippen molar-refractivity contribution in [2.75, 3.05) is 0 Å². The van der Waals surface area contributed by atoms with Crippen LogP contribution < -0.4 is 4.74 Å². The number of ether oxygens (including phenoxy) is 1. The van der Waals surface area contributed by atoms with Gasteiger partial charge in [0.25, 0.3) is 0 Å². The molecule has 2 aromatic carbocycles. The van der Waals surface area contributed by atoms with E-state index in [1.165, 1.54) is 5.57 Å². The van der Waals surface area contributed by atoms with Gasteiger partial charge in [-0.3, -0.25) is 4.79 Å². The molecule has 2 aromatic rings. The van der Waals surface area contributed by atoms with Crippen LogP contribution in [0.2, 0.25) is 0 Å². The van der Waals surface area contributed by atoms with E-state index >= 15 is 0 Å². The second kappa shape index (κ2) is 7.44. The molecule has 0 aliphatic rings. The molecule has 0 radical (unpaired) electrons. The highest BCUT2D eigenvalue weighted by Crippen LogP contribution is 2.19. The maximum Gasteiger partial charge on any atom is 0.150 e. The second-order valence-electron chi connectivity index (χ2n) is 5.24. The van der Waals surface area contributed by atoms with E-state index in [1.807, 2.05) is 48.5 Å². The van der Waals surface area contributed by atoms with Gasteiger partial charge in [-0.1, -0.05) is 42.0 Å². The molecule has 0 saturated carbocycles. The Morgan fingerprint density at radius 1 is 1.10 bits per heavy atom. The summed E-state index contributed by atoms with van der Waals surface area (Å²) in [5, 5.41) is 0. The van der Waals surface area contributed by atoms with Gasteiger partial charge in [0.1, 0.15) is 18.6 Å². The van der Waals surface area contributed by atoms with E-state index in [0.29, 0.717) is 6.61 Å². The van der Waals surface area contributed by atoms with Crippen LogP contribution in [0.4, 0.5) is 0 Å². The Kier molecular flexibility index (Phi) is 5.33. The van der Waals surface area contributed by atoms with Crippen molar-refractivity contribution in [3.8, 4) is 5.75 Å². The summed E-state index contributed by atoms with van der Waals surface area (Å²) in [5.74, 6) is 0.793. The van der Waals surface area contributed by atoms with Gasteiger partial charge >= 0.3 is 0 Å². The van der Waals surface area contributed by atoms with E-state index < -0.39 is 0 Å². The lowest BCUT2D eigenvalue weighted by molar-refractivity contribution is 0.112. The largest absolute Gasteiger partial charge is 0.489 e. The summed E-state index contributed by atoms with van der Waals surface area (Å²) in [6.07, 6.45) is 3.76. The molecule has 0 unspecified atom stereocenters. The molecule has 0 aliphatic carbocycles. The molecule has 2 nitrogen and oxygen atoms in total. The first kappa shape index (κ1) is 15.0. The highest BCUT2D eigenvalue weighted by atomic mass is 16.5. The first-order chi connectivity index (χ1) is 10.2. The molecule has 0 bridgehead atoms. The highest BCUT2D eigenvalue weighted by molar-refractivity contribution is 5.77. The zero-order valence-electron chi connectivity index (χ0n) is 12.5. The average molecular weight is 280 g/mol. The summed E-state index contributed by atoms with van der Waals surface area (Å²) in [6, 6.07) is 15.7. The van der Waals surface area contributed by atoms with Crippen molar-refractivity contribution in [1.29, 1.82) is 0 Å². The fourth-order valence-corrected chi connectivity index (χ4v) is 2.02. The minimum Gasteiger partial charge on any atom is -0.489 e. The number of hydrogen-bond acceptors (Lipinski definition) is 2. The number of carbonyl (C=O) groups is 1. The van der Waals surface area contributed by atoms with E-state index in [1.54, 1.807) is 0 Å². The molecular weight excluding hydrogens is 260 g/mol. The van der Waals surface area contributed by atoms with Crippen LogP contribution in [-0.4, -0.2) is 6.29 Å². The smallest absolute Gasteiger partial charge is 0.150 e. The quantitative estimate of drug-likeness (QED) is 0.571. The second-order valence-corrected chi connectivity index (χ2v) is 5.24. The van der Waals surface area contributed by atoms with Gasteiger partial charge in [0.2, 0.25) is 0 Å². The zero-order chi connectivity index (χ0) is 15.1. The molecule has 21 heavy (non-hydrogen) atoms. The van der Waals surface area contributed by atoms with Crippen LogP contribution in [0.15, 0.2) is 60.2 Å². The first-order valence-electron chi connectivity index (χ1n) is 7.07. The molecule has 2 heteroatoms. The molecule has 0 spiro atoms. The number of allylic oxidation sites excluding steroid dienone is 2. The Morgan fingerprint density at radius 3 is 2.52 bits per heavy atom. The normalized spacial score (nSPS) is 10.0. The van der Waals surface area contributed by atoms with Crippen molar-refractivity contribution in [3.63, 3.8) is 0 Å². The van der Waals surface area contributed by atoms with E-state index in [9.17, 15) is 4.79 Å². The first-order valence-corrected chi connectivity index (χ1v) is 7.07. The maximum absolute atomic E-state index is 11.1. The van der Waals surface area contributed by atoms with Crippen molar-refractivity contribution in [3.05, 3.63) is 76.9 Å². The lowest BCUT2D eigenvalue weighted by Crippen LogP contribution is -1.98. The summed E-state index contributed by atoms with van der Waals surface area (Å²) in [5.41, 5.74) is 4.08. The highest BCUT2D eigenvalue weighted by Gasteiger charge is 2.04. The van der Waals surface area contributed by atoms with Crippen LogP contribution in [0, 0.1) is 0 Å². The zero-order valence-corrected chi connectivity index (χ0v) is 12.5. The van der Waals surface area contributed by atoms with Crippen LogP contribution >= 0.6 is 0 Å². The van der Waals surface area contributed by atoms with Gasteiger partial charge < -0.3 is 4.74 Å². The maximum atomic E-state index is 11.1. The van der Waals surface area contributed by atoms with Gasteiger partial charge in [0.15, 0.2) is 0 Å². The monoisotopic (exact) mass is 280 g/mol. The fourth-order valence-electron chi connectivity index (χ4n) is 2.02. The Hall–Kier alpha value is -2.35. The van der Waals surface area contributed by atoms with Gasteiger partial charge in [-0.15, -0.1) is 0 Å². The van der Waals surface area contributed by atoms with Gasteiger partial charge in [0.05, 0.1) is 0 Å². The molecule has 2 rings (SSSR count). The number of aldehydes is 1. The molecule has 0 heterocycles. The lowest BCUT2D eigenvalue weighted by atomic mass is 10.0. The molecule has 0 aliphatic heterocycles. The number of carbonyl (C=O) groups excluding carboxylic acids is 1. The third kappa shape index (κ3) is 4.60. The summed E-state index contributed by atoms with van der Waals surface area (Å²) in [4.78, 5) is 11.1. The lowest BCUT2D eigenvalue weighted by Gasteiger charge is -2.09. The van der Waals surface area contributed by atoms with Crippen molar-refractivity contribution in [1.82, 2.24) is 0 Å². The van der Waals surface area contributed by atoms with Crippen molar-refractivity contribution in [2.45, 2.75) is 26.9 Å². The fraction of sp³-hybridized carbons (Fsp3) is 0.211. The minimum absolute atomic E-state index is 0.531. The van der Waals surface area contributed by atoms with Crippen molar-refractivity contribution < 1.29 is 9.53 Å². The summed E-state index contributed by atoms with van der Waals surface area (Å²) in [6.45, 7) is 4.63. The molecule has 0 aromatic heterocycles. The van der Waals surface area contributed by atoms with Crippen LogP contribution in [0.25, 0.3) is 0 Å². The molecule has 0 N–H and O–H groups in total. The van der Waals surface area contributed by atoms with Crippen LogP contribution in [-0.2, 0) is 13.0 Å². The van der Waals surface area contributed by atoms with Crippen LogP contribution in [0.3, 0.4) is 0 Å². The van der Waals surface area contributed by atoms with Gasteiger partial charge in [-0.25, -0.2) is 0 Å². The third-order valence-corrected chi connectivity index (χ3v) is 3.22.